The van der Waals surface area contributed by atoms with Crippen LogP contribution in [0.3, 0.4) is 0 Å². The largest absolute Gasteiger partial charge is 0.283 e. The molecule has 1 amide bonds. The fourth-order valence-electron chi connectivity index (χ4n) is 2.46. The number of anilines is 2. The van der Waals surface area contributed by atoms with Crippen molar-refractivity contribution in [1.82, 2.24) is 0 Å². The molecular formula is C17H13ClF2N2O. The molecule has 0 spiro atoms. The summed E-state index contributed by atoms with van der Waals surface area (Å²) in [6.45, 7) is 0.761. The number of carbonyl (C=O) groups is 1. The second-order valence-corrected chi connectivity index (χ2v) is 5.72. The maximum atomic E-state index is 13.5. The van der Waals surface area contributed by atoms with Gasteiger partial charge in [-0.15, -0.1) is 0 Å². The quantitative estimate of drug-likeness (QED) is 0.793. The van der Waals surface area contributed by atoms with E-state index in [1.54, 1.807) is 24.3 Å². The SMILES string of the molecule is CC(F)(F)c1ccc2c(c1)C=NCC(=O)N2c1ccccc1Cl. The minimum Gasteiger partial charge on any atom is -0.283 e. The van der Waals surface area contributed by atoms with Crippen LogP contribution in [0.1, 0.15) is 18.1 Å². The molecule has 0 atom stereocenters. The maximum absolute atomic E-state index is 13.5. The molecule has 2 aromatic carbocycles. The maximum Gasteiger partial charge on any atom is 0.270 e. The third kappa shape index (κ3) is 2.97. The minimum atomic E-state index is -2.96. The van der Waals surface area contributed by atoms with Crippen molar-refractivity contribution in [2.45, 2.75) is 12.8 Å². The van der Waals surface area contributed by atoms with Gasteiger partial charge in [0.1, 0.15) is 6.54 Å². The van der Waals surface area contributed by atoms with Gasteiger partial charge in [0, 0.05) is 24.3 Å². The van der Waals surface area contributed by atoms with E-state index in [4.69, 9.17) is 11.6 Å². The van der Waals surface area contributed by atoms with E-state index in [0.29, 0.717) is 22.0 Å². The number of nitrogens with zero attached hydrogens (tertiary/aromatic N) is 2. The Hall–Kier alpha value is -2.27. The Bertz CT molecular complexity index is 799. The second kappa shape index (κ2) is 5.74. The normalized spacial score (nSPS) is 14.6. The highest BCUT2D eigenvalue weighted by Crippen LogP contribution is 2.37. The molecule has 0 fully saturated rings. The molecule has 3 nitrogen and oxygen atoms in total. The van der Waals surface area contributed by atoms with Gasteiger partial charge >= 0.3 is 0 Å². The Kier molecular flexibility index (Phi) is 3.90. The third-order valence-electron chi connectivity index (χ3n) is 3.58. The first-order valence-corrected chi connectivity index (χ1v) is 7.35. The van der Waals surface area contributed by atoms with Gasteiger partial charge in [-0.1, -0.05) is 29.8 Å². The van der Waals surface area contributed by atoms with Crippen molar-refractivity contribution >= 4 is 35.1 Å². The molecule has 23 heavy (non-hydrogen) atoms. The molecular weight excluding hydrogens is 322 g/mol. The molecule has 0 unspecified atom stereocenters. The molecule has 0 N–H and O–H groups in total. The molecule has 1 heterocycles. The lowest BCUT2D eigenvalue weighted by atomic mass is 10.0. The average Bonchev–Trinajstić information content (AvgIpc) is 2.65. The van der Waals surface area contributed by atoms with Crippen molar-refractivity contribution in [2.24, 2.45) is 4.99 Å². The van der Waals surface area contributed by atoms with Crippen LogP contribution in [-0.4, -0.2) is 18.7 Å². The van der Waals surface area contributed by atoms with E-state index in [-0.39, 0.29) is 18.0 Å². The van der Waals surface area contributed by atoms with Crippen molar-refractivity contribution in [2.75, 3.05) is 11.4 Å². The van der Waals surface area contributed by atoms with Gasteiger partial charge in [0.25, 0.3) is 11.8 Å². The summed E-state index contributed by atoms with van der Waals surface area (Å²) < 4.78 is 27.1. The van der Waals surface area contributed by atoms with Crippen LogP contribution in [-0.2, 0) is 10.7 Å². The van der Waals surface area contributed by atoms with E-state index in [2.05, 4.69) is 4.99 Å². The number of rotatable bonds is 2. The van der Waals surface area contributed by atoms with Crippen LogP contribution in [0.2, 0.25) is 5.02 Å². The van der Waals surface area contributed by atoms with Gasteiger partial charge < -0.3 is 0 Å². The summed E-state index contributed by atoms with van der Waals surface area (Å²) in [7, 11) is 0. The first-order valence-electron chi connectivity index (χ1n) is 6.97. The highest BCUT2D eigenvalue weighted by molar-refractivity contribution is 6.34. The lowest BCUT2D eigenvalue weighted by molar-refractivity contribution is -0.116. The molecule has 3 rings (SSSR count). The lowest BCUT2D eigenvalue weighted by Gasteiger charge is -2.24. The van der Waals surface area contributed by atoms with Crippen molar-refractivity contribution in [3.63, 3.8) is 0 Å². The molecule has 2 aromatic rings. The summed E-state index contributed by atoms with van der Waals surface area (Å²) in [6, 6.07) is 11.1. The van der Waals surface area contributed by atoms with Crippen LogP contribution in [0.25, 0.3) is 0 Å². The van der Waals surface area contributed by atoms with Crippen LogP contribution in [0.15, 0.2) is 47.5 Å². The van der Waals surface area contributed by atoms with Gasteiger partial charge in [-0.05, 0) is 24.3 Å². The van der Waals surface area contributed by atoms with Crippen LogP contribution in [0.4, 0.5) is 20.2 Å². The van der Waals surface area contributed by atoms with Crippen LogP contribution < -0.4 is 4.90 Å². The van der Waals surface area contributed by atoms with Gasteiger partial charge in [-0.2, -0.15) is 0 Å². The van der Waals surface area contributed by atoms with Crippen molar-refractivity contribution in [1.29, 1.82) is 0 Å². The summed E-state index contributed by atoms with van der Waals surface area (Å²) in [6.07, 6.45) is 1.44. The van der Waals surface area contributed by atoms with E-state index in [0.717, 1.165) is 6.92 Å². The van der Waals surface area contributed by atoms with E-state index in [9.17, 15) is 13.6 Å². The van der Waals surface area contributed by atoms with Gasteiger partial charge in [0.2, 0.25) is 0 Å². The third-order valence-corrected chi connectivity index (χ3v) is 3.89. The number of hydrogen-bond donors (Lipinski definition) is 0. The number of alkyl halides is 2. The summed E-state index contributed by atoms with van der Waals surface area (Å²) in [5.41, 5.74) is 1.31. The molecule has 0 saturated carbocycles. The molecule has 6 heteroatoms. The topological polar surface area (TPSA) is 32.7 Å². The molecule has 118 valence electrons. The fourth-order valence-corrected chi connectivity index (χ4v) is 2.68. The Labute approximate surface area is 137 Å². The molecule has 0 saturated heterocycles. The highest BCUT2D eigenvalue weighted by Gasteiger charge is 2.28. The Balaban J connectivity index is 2.18. The van der Waals surface area contributed by atoms with Gasteiger partial charge in [-0.3, -0.25) is 14.7 Å². The first kappa shape index (κ1) is 15.6. The smallest absolute Gasteiger partial charge is 0.270 e. The number of aliphatic imine (C=N–C) groups is 1. The zero-order valence-electron chi connectivity index (χ0n) is 12.3. The van der Waals surface area contributed by atoms with E-state index < -0.39 is 5.92 Å². The summed E-state index contributed by atoms with van der Waals surface area (Å²) in [5.74, 6) is -3.24. The number of hydrogen-bond acceptors (Lipinski definition) is 2. The summed E-state index contributed by atoms with van der Waals surface area (Å²) >= 11 is 6.19. The molecule has 1 aliphatic heterocycles. The lowest BCUT2D eigenvalue weighted by Crippen LogP contribution is -2.28. The number of amides is 1. The monoisotopic (exact) mass is 334 g/mol. The van der Waals surface area contributed by atoms with Crippen molar-refractivity contribution in [3.8, 4) is 0 Å². The zero-order valence-corrected chi connectivity index (χ0v) is 13.0. The molecule has 0 radical (unpaired) electrons. The number of benzodiazepines with no additional fused rings is 1. The zero-order chi connectivity index (χ0) is 16.6. The summed E-state index contributed by atoms with van der Waals surface area (Å²) in [4.78, 5) is 17.9. The van der Waals surface area contributed by atoms with Crippen molar-refractivity contribution in [3.05, 3.63) is 58.6 Å². The van der Waals surface area contributed by atoms with Crippen LogP contribution in [0.5, 0.6) is 0 Å². The van der Waals surface area contributed by atoms with Crippen LogP contribution in [0, 0.1) is 0 Å². The number of carbonyl (C=O) groups excluding carboxylic acids is 1. The van der Waals surface area contributed by atoms with Gasteiger partial charge in [-0.25, -0.2) is 8.78 Å². The van der Waals surface area contributed by atoms with Gasteiger partial charge in [0.15, 0.2) is 0 Å². The molecule has 0 aliphatic carbocycles. The second-order valence-electron chi connectivity index (χ2n) is 5.31. The standard InChI is InChI=1S/C17H13ClF2N2O/c1-17(19,20)12-6-7-14-11(8-12)9-21-10-16(23)22(14)15-5-3-2-4-13(15)18/h2-9H,10H2,1H3. The molecule has 0 bridgehead atoms. The van der Waals surface area contributed by atoms with E-state index in [1.807, 2.05) is 0 Å². The molecule has 0 aromatic heterocycles. The first-order chi connectivity index (χ1) is 10.9. The van der Waals surface area contributed by atoms with Crippen LogP contribution >= 0.6 is 11.6 Å². The molecule has 1 aliphatic rings. The van der Waals surface area contributed by atoms with Gasteiger partial charge in [0.05, 0.1) is 16.4 Å². The van der Waals surface area contributed by atoms with Crippen molar-refractivity contribution < 1.29 is 13.6 Å². The summed E-state index contributed by atoms with van der Waals surface area (Å²) in [5, 5.41) is 0.401. The predicted octanol–water partition coefficient (Wildman–Crippen LogP) is 4.55. The van der Waals surface area contributed by atoms with E-state index >= 15 is 0 Å². The Morgan fingerprint density at radius 2 is 1.91 bits per heavy atom. The highest BCUT2D eigenvalue weighted by atomic mass is 35.5. The number of fused-ring (bicyclic) bond motifs is 1. The number of benzene rings is 2. The Morgan fingerprint density at radius 3 is 2.61 bits per heavy atom. The minimum absolute atomic E-state index is 0.0717. The van der Waals surface area contributed by atoms with E-state index in [1.165, 1.54) is 29.3 Å². The predicted molar refractivity (Wildman–Crippen MR) is 87.1 cm³/mol. The fraction of sp³-hybridized carbons (Fsp3) is 0.176. The average molecular weight is 335 g/mol. The number of para-hydroxylation sites is 1. The number of halogens is 3. The Morgan fingerprint density at radius 1 is 1.17 bits per heavy atom.